The van der Waals surface area contributed by atoms with E-state index in [0.717, 1.165) is 12.1 Å². The summed E-state index contributed by atoms with van der Waals surface area (Å²) >= 11 is 17.8. The molecule has 0 amide bonds. The summed E-state index contributed by atoms with van der Waals surface area (Å²) in [4.78, 5) is 0. The molecule has 0 aliphatic rings. The van der Waals surface area contributed by atoms with Crippen LogP contribution in [0.5, 0.6) is 0 Å². The molecule has 0 unspecified atom stereocenters. The Hall–Kier alpha value is 0.01000. The van der Waals surface area contributed by atoms with Crippen LogP contribution < -0.4 is 0 Å². The Morgan fingerprint density at radius 1 is 1.33 bits per heavy atom. The van der Waals surface area contributed by atoms with Crippen molar-refractivity contribution in [2.24, 2.45) is 0 Å². The Labute approximate surface area is 105 Å². The van der Waals surface area contributed by atoms with Crippen LogP contribution in [-0.4, -0.2) is 15.0 Å². The highest BCUT2D eigenvalue weighted by atomic mass is 35.6. The van der Waals surface area contributed by atoms with E-state index in [0.29, 0.717) is 12.2 Å². The second kappa shape index (κ2) is 4.89. The molecule has 3 nitrogen and oxygen atoms in total. The summed E-state index contributed by atoms with van der Waals surface area (Å²) in [5, 5.41) is 8.07. The first kappa shape index (κ1) is 13.1. The van der Waals surface area contributed by atoms with Crippen molar-refractivity contribution in [3.05, 3.63) is 11.4 Å². The fourth-order valence-electron chi connectivity index (χ4n) is 1.38. The van der Waals surface area contributed by atoms with Gasteiger partial charge in [-0.15, -0.1) is 5.10 Å². The highest BCUT2D eigenvalue weighted by molar-refractivity contribution is 6.66. The largest absolute Gasteiger partial charge is 0.245 e. The maximum Gasteiger partial charge on any atom is 0.234 e. The van der Waals surface area contributed by atoms with Gasteiger partial charge in [0.1, 0.15) is 5.69 Å². The summed E-state index contributed by atoms with van der Waals surface area (Å²) in [6, 6.07) is 0. The maximum atomic E-state index is 5.92. The Bertz CT molecular complexity index is 328. The molecule has 0 spiro atoms. The van der Waals surface area contributed by atoms with Gasteiger partial charge in [-0.2, -0.15) is 0 Å². The highest BCUT2D eigenvalue weighted by Crippen LogP contribution is 2.41. The number of nitrogens with zero attached hydrogens (tertiary/aromatic N) is 3. The molecule has 1 rings (SSSR count). The van der Waals surface area contributed by atoms with Crippen molar-refractivity contribution in [2.45, 2.75) is 43.4 Å². The van der Waals surface area contributed by atoms with E-state index in [1.807, 2.05) is 20.8 Å². The predicted molar refractivity (Wildman–Crippen MR) is 63.6 cm³/mol. The van der Waals surface area contributed by atoms with Gasteiger partial charge in [0.2, 0.25) is 3.79 Å². The van der Waals surface area contributed by atoms with Crippen LogP contribution in [0.3, 0.4) is 0 Å². The molecule has 0 aromatic carbocycles. The standard InChI is InChI=1S/C9H14Cl3N3/c1-4-5-15-8(9(10,11)12)7(6(2)3)13-14-15/h6H,4-5H2,1-3H3. The van der Waals surface area contributed by atoms with Crippen LogP contribution in [0, 0.1) is 0 Å². The molecule has 86 valence electrons. The molecule has 0 bridgehead atoms. The summed E-state index contributed by atoms with van der Waals surface area (Å²) in [6.07, 6.45) is 0.925. The molecule has 1 heterocycles. The first-order chi connectivity index (χ1) is 6.88. The Morgan fingerprint density at radius 2 is 1.93 bits per heavy atom. The van der Waals surface area contributed by atoms with Gasteiger partial charge in [-0.3, -0.25) is 0 Å². The van der Waals surface area contributed by atoms with E-state index < -0.39 is 3.79 Å². The van der Waals surface area contributed by atoms with Gasteiger partial charge < -0.3 is 0 Å². The zero-order valence-corrected chi connectivity index (χ0v) is 11.2. The van der Waals surface area contributed by atoms with E-state index in [-0.39, 0.29) is 5.92 Å². The van der Waals surface area contributed by atoms with Crippen LogP contribution in [0.15, 0.2) is 0 Å². The van der Waals surface area contributed by atoms with Gasteiger partial charge in [0.15, 0.2) is 0 Å². The zero-order chi connectivity index (χ0) is 11.6. The van der Waals surface area contributed by atoms with Gasteiger partial charge in [0.05, 0.1) is 5.69 Å². The summed E-state index contributed by atoms with van der Waals surface area (Å²) in [5.74, 6) is 0.196. The van der Waals surface area contributed by atoms with Crippen LogP contribution in [0.2, 0.25) is 0 Å². The van der Waals surface area contributed by atoms with E-state index in [4.69, 9.17) is 34.8 Å². The molecule has 1 aromatic rings. The molecular weight excluding hydrogens is 256 g/mol. The quantitative estimate of drug-likeness (QED) is 0.785. The molecule has 0 aliphatic carbocycles. The highest BCUT2D eigenvalue weighted by Gasteiger charge is 2.33. The number of aromatic nitrogens is 3. The van der Waals surface area contributed by atoms with Crippen LogP contribution >= 0.6 is 34.8 Å². The molecule has 6 heteroatoms. The number of halogens is 3. The minimum atomic E-state index is -1.46. The normalized spacial score (nSPS) is 12.5. The molecule has 0 radical (unpaired) electrons. The Morgan fingerprint density at radius 3 is 2.33 bits per heavy atom. The molecule has 0 aliphatic heterocycles. The minimum absolute atomic E-state index is 0.196. The SMILES string of the molecule is CCCn1nnc(C(C)C)c1C(Cl)(Cl)Cl. The fourth-order valence-corrected chi connectivity index (χ4v) is 1.96. The average molecular weight is 271 g/mol. The monoisotopic (exact) mass is 269 g/mol. The smallest absolute Gasteiger partial charge is 0.234 e. The molecule has 0 saturated carbocycles. The Balaban J connectivity index is 3.21. The first-order valence-electron chi connectivity index (χ1n) is 4.88. The molecule has 0 atom stereocenters. The van der Waals surface area contributed by atoms with Crippen molar-refractivity contribution in [3.63, 3.8) is 0 Å². The number of hydrogen-bond donors (Lipinski definition) is 0. The number of hydrogen-bond acceptors (Lipinski definition) is 2. The van der Waals surface area contributed by atoms with Crippen molar-refractivity contribution < 1.29 is 0 Å². The van der Waals surface area contributed by atoms with Crippen molar-refractivity contribution >= 4 is 34.8 Å². The van der Waals surface area contributed by atoms with Crippen LogP contribution in [0.1, 0.15) is 44.5 Å². The van der Waals surface area contributed by atoms with Crippen molar-refractivity contribution in [3.8, 4) is 0 Å². The van der Waals surface area contributed by atoms with Crippen molar-refractivity contribution in [2.75, 3.05) is 0 Å². The lowest BCUT2D eigenvalue weighted by Gasteiger charge is -2.15. The van der Waals surface area contributed by atoms with E-state index in [9.17, 15) is 0 Å². The van der Waals surface area contributed by atoms with Crippen molar-refractivity contribution in [1.29, 1.82) is 0 Å². The molecule has 0 saturated heterocycles. The van der Waals surface area contributed by atoms with E-state index in [2.05, 4.69) is 10.3 Å². The topological polar surface area (TPSA) is 30.7 Å². The van der Waals surface area contributed by atoms with Gasteiger partial charge >= 0.3 is 0 Å². The third kappa shape index (κ3) is 2.99. The lowest BCUT2D eigenvalue weighted by atomic mass is 10.1. The van der Waals surface area contributed by atoms with Crippen molar-refractivity contribution in [1.82, 2.24) is 15.0 Å². The molecule has 0 fully saturated rings. The zero-order valence-electron chi connectivity index (χ0n) is 8.97. The summed E-state index contributed by atoms with van der Waals surface area (Å²) in [6.45, 7) is 6.75. The van der Waals surface area contributed by atoms with Gasteiger partial charge in [-0.1, -0.05) is 60.8 Å². The minimum Gasteiger partial charge on any atom is -0.245 e. The lowest BCUT2D eigenvalue weighted by Crippen LogP contribution is -2.14. The van der Waals surface area contributed by atoms with E-state index in [1.54, 1.807) is 4.68 Å². The number of aryl methyl sites for hydroxylation is 1. The molecular formula is C9H14Cl3N3. The molecule has 0 N–H and O–H groups in total. The van der Waals surface area contributed by atoms with Gasteiger partial charge in [0.25, 0.3) is 0 Å². The third-order valence-electron chi connectivity index (χ3n) is 2.01. The van der Waals surface area contributed by atoms with Crippen LogP contribution in [0.4, 0.5) is 0 Å². The van der Waals surface area contributed by atoms with Gasteiger partial charge in [0, 0.05) is 6.54 Å². The first-order valence-corrected chi connectivity index (χ1v) is 6.01. The predicted octanol–water partition coefficient (Wildman–Crippen LogP) is 3.64. The third-order valence-corrected chi connectivity index (χ3v) is 2.55. The number of alkyl halides is 3. The second-order valence-electron chi connectivity index (χ2n) is 3.70. The maximum absolute atomic E-state index is 5.92. The molecule has 1 aromatic heterocycles. The van der Waals surface area contributed by atoms with Crippen LogP contribution in [0.25, 0.3) is 0 Å². The van der Waals surface area contributed by atoms with E-state index in [1.165, 1.54) is 0 Å². The summed E-state index contributed by atoms with van der Waals surface area (Å²) in [7, 11) is 0. The molecule has 15 heavy (non-hydrogen) atoms. The van der Waals surface area contributed by atoms with Crippen LogP contribution in [-0.2, 0) is 10.3 Å². The van der Waals surface area contributed by atoms with Gasteiger partial charge in [-0.05, 0) is 12.3 Å². The number of rotatable bonds is 3. The second-order valence-corrected chi connectivity index (χ2v) is 5.98. The average Bonchev–Trinajstić information content (AvgIpc) is 2.47. The summed E-state index contributed by atoms with van der Waals surface area (Å²) in [5.41, 5.74) is 1.34. The van der Waals surface area contributed by atoms with Gasteiger partial charge in [-0.25, -0.2) is 4.68 Å². The Kier molecular flexibility index (Phi) is 4.27. The summed E-state index contributed by atoms with van der Waals surface area (Å²) < 4.78 is 0.209. The lowest BCUT2D eigenvalue weighted by molar-refractivity contribution is 0.558. The fraction of sp³-hybridized carbons (Fsp3) is 0.778. The van der Waals surface area contributed by atoms with E-state index >= 15 is 0 Å².